The summed E-state index contributed by atoms with van der Waals surface area (Å²) in [5, 5.41) is -0.0566. The highest BCUT2D eigenvalue weighted by Gasteiger charge is 2.40. The maximum Gasteiger partial charge on any atom is 0.307 e. The molecule has 2 heterocycles. The van der Waals surface area contributed by atoms with Crippen molar-refractivity contribution in [1.82, 2.24) is 4.98 Å². The van der Waals surface area contributed by atoms with Crippen molar-refractivity contribution >= 4 is 40.3 Å². The van der Waals surface area contributed by atoms with E-state index in [2.05, 4.69) is 14.7 Å². The number of para-hydroxylation sites is 1. The van der Waals surface area contributed by atoms with Gasteiger partial charge in [0.1, 0.15) is 5.25 Å². The Balaban J connectivity index is 1.96. The van der Waals surface area contributed by atoms with Crippen LogP contribution < -0.4 is 4.90 Å². The van der Waals surface area contributed by atoms with Gasteiger partial charge in [0, 0.05) is 6.20 Å². The van der Waals surface area contributed by atoms with Gasteiger partial charge in [0.25, 0.3) is 0 Å². The molecule has 0 saturated carbocycles. The number of anilines is 1. The highest BCUT2D eigenvalue weighted by molar-refractivity contribution is 8.16. The molecular weight excluding hydrogens is 326 g/mol. The van der Waals surface area contributed by atoms with Gasteiger partial charge in [-0.3, -0.25) is 14.5 Å². The van der Waals surface area contributed by atoms with Crippen molar-refractivity contribution < 1.29 is 14.3 Å². The normalized spacial score (nSPS) is 18.9. The molecule has 1 fully saturated rings. The summed E-state index contributed by atoms with van der Waals surface area (Å²) in [6.45, 7) is 0. The standard InChI is InChI=1S/C17H15N3O3S/c1-23-15(21)11-13-16(22)20(12-7-3-2-4-8-12)17(24-13)19-14-9-5-6-10-18-14/h2-10,13H,11H2,1H3. The van der Waals surface area contributed by atoms with Crippen LogP contribution in [-0.4, -0.2) is 34.4 Å². The quantitative estimate of drug-likeness (QED) is 0.800. The molecule has 1 unspecified atom stereocenters. The van der Waals surface area contributed by atoms with Crippen LogP contribution in [0.5, 0.6) is 0 Å². The van der Waals surface area contributed by atoms with Crippen molar-refractivity contribution in [3.05, 3.63) is 54.7 Å². The lowest BCUT2D eigenvalue weighted by molar-refractivity contribution is -0.141. The Labute approximate surface area is 143 Å². The van der Waals surface area contributed by atoms with Gasteiger partial charge in [0.05, 0.1) is 19.2 Å². The smallest absolute Gasteiger partial charge is 0.307 e. The fraction of sp³-hybridized carbons (Fsp3) is 0.176. The average Bonchev–Trinajstić information content (AvgIpc) is 2.91. The zero-order chi connectivity index (χ0) is 16.9. The zero-order valence-corrected chi connectivity index (χ0v) is 13.8. The Morgan fingerprint density at radius 1 is 1.25 bits per heavy atom. The number of rotatable bonds is 4. The summed E-state index contributed by atoms with van der Waals surface area (Å²) in [6.07, 6.45) is 1.64. The fourth-order valence-electron chi connectivity index (χ4n) is 2.24. The number of benzene rings is 1. The summed E-state index contributed by atoms with van der Waals surface area (Å²) in [4.78, 5) is 34.5. The van der Waals surface area contributed by atoms with Crippen molar-refractivity contribution in [3.8, 4) is 0 Å². The lowest BCUT2D eigenvalue weighted by atomic mass is 10.2. The van der Waals surface area contributed by atoms with Crippen LogP contribution in [0.25, 0.3) is 0 Å². The molecule has 1 aromatic carbocycles. The first kappa shape index (κ1) is 16.2. The maximum absolute atomic E-state index is 12.8. The second-order valence-corrected chi connectivity index (χ2v) is 6.15. The van der Waals surface area contributed by atoms with Crippen LogP contribution in [0.4, 0.5) is 11.5 Å². The number of carbonyl (C=O) groups is 2. The number of esters is 1. The number of nitrogens with zero attached hydrogens (tertiary/aromatic N) is 3. The molecular formula is C17H15N3O3S. The molecule has 1 aromatic heterocycles. The van der Waals surface area contributed by atoms with Gasteiger partial charge in [-0.25, -0.2) is 9.98 Å². The average molecular weight is 341 g/mol. The Bertz CT molecular complexity index is 765. The fourth-order valence-corrected chi connectivity index (χ4v) is 3.37. The third-order valence-electron chi connectivity index (χ3n) is 3.39. The Morgan fingerprint density at radius 3 is 2.67 bits per heavy atom. The zero-order valence-electron chi connectivity index (χ0n) is 13.0. The molecule has 1 saturated heterocycles. The van der Waals surface area contributed by atoms with Gasteiger partial charge in [-0.15, -0.1) is 0 Å². The Morgan fingerprint density at radius 2 is 2.00 bits per heavy atom. The van der Waals surface area contributed by atoms with Gasteiger partial charge in [-0.1, -0.05) is 36.0 Å². The summed E-state index contributed by atoms with van der Waals surface area (Å²) in [7, 11) is 1.31. The highest BCUT2D eigenvalue weighted by atomic mass is 32.2. The van der Waals surface area contributed by atoms with Crippen LogP contribution in [0.1, 0.15) is 6.42 Å². The van der Waals surface area contributed by atoms with Crippen LogP contribution in [0, 0.1) is 0 Å². The van der Waals surface area contributed by atoms with E-state index in [-0.39, 0.29) is 12.3 Å². The van der Waals surface area contributed by atoms with Gasteiger partial charge in [-0.2, -0.15) is 0 Å². The first-order chi connectivity index (χ1) is 11.7. The van der Waals surface area contributed by atoms with E-state index in [1.807, 2.05) is 36.4 Å². The predicted molar refractivity (Wildman–Crippen MR) is 93.3 cm³/mol. The molecule has 0 spiro atoms. The number of hydrogen-bond acceptors (Lipinski definition) is 6. The summed E-state index contributed by atoms with van der Waals surface area (Å²) < 4.78 is 4.68. The number of pyridine rings is 1. The monoisotopic (exact) mass is 341 g/mol. The molecule has 122 valence electrons. The molecule has 1 atom stereocenters. The molecule has 24 heavy (non-hydrogen) atoms. The number of thioether (sulfide) groups is 1. The Kier molecular flexibility index (Phi) is 4.90. The summed E-state index contributed by atoms with van der Waals surface area (Å²) in [6, 6.07) is 14.6. The molecule has 0 bridgehead atoms. The van der Waals surface area contributed by atoms with Gasteiger partial charge in [-0.05, 0) is 24.3 Å². The number of aliphatic imine (C=N–C) groups is 1. The van der Waals surface area contributed by atoms with Gasteiger partial charge < -0.3 is 4.74 Å². The number of ether oxygens (including phenoxy) is 1. The second-order valence-electron chi connectivity index (χ2n) is 4.98. The van der Waals surface area contributed by atoms with Crippen molar-refractivity contribution in [1.29, 1.82) is 0 Å². The van der Waals surface area contributed by atoms with Crippen LogP contribution in [0.15, 0.2) is 59.7 Å². The first-order valence-corrected chi connectivity index (χ1v) is 8.19. The molecule has 3 rings (SSSR count). The largest absolute Gasteiger partial charge is 0.469 e. The van der Waals surface area contributed by atoms with Crippen LogP contribution in [0.2, 0.25) is 0 Å². The number of carbonyl (C=O) groups excluding carboxylic acids is 2. The van der Waals surface area contributed by atoms with Gasteiger partial charge in [0.2, 0.25) is 5.91 Å². The van der Waals surface area contributed by atoms with Crippen molar-refractivity contribution in [2.75, 3.05) is 12.0 Å². The SMILES string of the molecule is COC(=O)CC1SC(=Nc2ccccn2)N(c2ccccc2)C1=O. The van der Waals surface area contributed by atoms with E-state index >= 15 is 0 Å². The maximum atomic E-state index is 12.8. The minimum Gasteiger partial charge on any atom is -0.469 e. The van der Waals surface area contributed by atoms with Crippen molar-refractivity contribution in [3.63, 3.8) is 0 Å². The second kappa shape index (κ2) is 7.27. The van der Waals surface area contributed by atoms with Gasteiger partial charge in [0.15, 0.2) is 11.0 Å². The van der Waals surface area contributed by atoms with E-state index < -0.39 is 11.2 Å². The molecule has 1 aliphatic heterocycles. The van der Waals surface area contributed by atoms with Crippen molar-refractivity contribution in [2.45, 2.75) is 11.7 Å². The number of amides is 1. The molecule has 6 nitrogen and oxygen atoms in total. The predicted octanol–water partition coefficient (Wildman–Crippen LogP) is 2.78. The first-order valence-electron chi connectivity index (χ1n) is 7.31. The summed E-state index contributed by atoms with van der Waals surface area (Å²) >= 11 is 1.25. The van der Waals surface area contributed by atoms with E-state index in [4.69, 9.17) is 0 Å². The molecule has 7 heteroatoms. The van der Waals surface area contributed by atoms with E-state index in [0.29, 0.717) is 16.7 Å². The molecule has 0 N–H and O–H groups in total. The lowest BCUT2D eigenvalue weighted by Gasteiger charge is -2.16. The van der Waals surface area contributed by atoms with Gasteiger partial charge >= 0.3 is 5.97 Å². The molecule has 1 aliphatic rings. The van der Waals surface area contributed by atoms with E-state index in [1.165, 1.54) is 23.8 Å². The number of methoxy groups -OCH3 is 1. The topological polar surface area (TPSA) is 71.9 Å². The third-order valence-corrected chi connectivity index (χ3v) is 4.53. The molecule has 0 aliphatic carbocycles. The number of aromatic nitrogens is 1. The minimum atomic E-state index is -0.555. The van der Waals surface area contributed by atoms with Crippen LogP contribution in [-0.2, 0) is 14.3 Å². The third kappa shape index (κ3) is 3.46. The number of hydrogen-bond donors (Lipinski definition) is 0. The minimum absolute atomic E-state index is 0.00454. The molecule has 2 aromatic rings. The van der Waals surface area contributed by atoms with Crippen LogP contribution in [0.3, 0.4) is 0 Å². The summed E-state index contributed by atoms with van der Waals surface area (Å²) in [5.41, 5.74) is 0.706. The lowest BCUT2D eigenvalue weighted by Crippen LogP contribution is -2.32. The molecule has 0 radical (unpaired) electrons. The van der Waals surface area contributed by atoms with E-state index in [0.717, 1.165) is 0 Å². The number of amidine groups is 1. The van der Waals surface area contributed by atoms with E-state index in [9.17, 15) is 9.59 Å². The van der Waals surface area contributed by atoms with E-state index in [1.54, 1.807) is 18.3 Å². The highest BCUT2D eigenvalue weighted by Crippen LogP contribution is 2.34. The van der Waals surface area contributed by atoms with Crippen LogP contribution >= 0.6 is 11.8 Å². The Hall–Kier alpha value is -2.67. The molecule has 1 amide bonds. The summed E-state index contributed by atoms with van der Waals surface area (Å²) in [5.74, 6) is -0.105. The van der Waals surface area contributed by atoms with Crippen molar-refractivity contribution in [2.24, 2.45) is 4.99 Å².